The standard InChI is InChI=1S/C20H19N5OS3/c1-25-18(13-10-27-15-8-4-2-6-12(13)15)23-24-20(25)28-11-17(26)22-19-21-14-7-3-5-9-16(14)29-19/h3,5,7,9-10H,2,4,6,8,11H2,1H3,(H,21,22,26). The Morgan fingerprint density at radius 3 is 3.00 bits per heavy atom. The molecule has 1 aliphatic carbocycles. The fourth-order valence-electron chi connectivity index (χ4n) is 3.57. The number of aromatic nitrogens is 4. The lowest BCUT2D eigenvalue weighted by Gasteiger charge is -2.12. The highest BCUT2D eigenvalue weighted by Gasteiger charge is 2.21. The molecule has 0 radical (unpaired) electrons. The average molecular weight is 442 g/mol. The van der Waals surface area contributed by atoms with Gasteiger partial charge in [-0.05, 0) is 43.4 Å². The summed E-state index contributed by atoms with van der Waals surface area (Å²) in [5.74, 6) is 1.06. The van der Waals surface area contributed by atoms with Crippen LogP contribution in [-0.2, 0) is 24.7 Å². The van der Waals surface area contributed by atoms with E-state index in [9.17, 15) is 4.79 Å². The third kappa shape index (κ3) is 3.70. The molecule has 5 rings (SSSR count). The topological polar surface area (TPSA) is 72.7 Å². The number of carbonyl (C=O) groups excluding carboxylic acids is 1. The number of para-hydroxylation sites is 1. The molecular formula is C20H19N5OS3. The molecule has 148 valence electrons. The molecule has 0 saturated carbocycles. The summed E-state index contributed by atoms with van der Waals surface area (Å²) in [4.78, 5) is 18.3. The van der Waals surface area contributed by atoms with Gasteiger partial charge in [-0.25, -0.2) is 4.98 Å². The molecule has 0 atom stereocenters. The molecule has 4 aromatic rings. The van der Waals surface area contributed by atoms with E-state index in [2.05, 4.69) is 25.9 Å². The summed E-state index contributed by atoms with van der Waals surface area (Å²) in [6, 6.07) is 7.86. The van der Waals surface area contributed by atoms with Gasteiger partial charge in [0.2, 0.25) is 5.91 Å². The maximum absolute atomic E-state index is 12.4. The molecule has 3 heterocycles. The highest BCUT2D eigenvalue weighted by Crippen LogP contribution is 2.36. The maximum Gasteiger partial charge on any atom is 0.236 e. The molecule has 6 nitrogen and oxygen atoms in total. The predicted molar refractivity (Wildman–Crippen MR) is 120 cm³/mol. The number of fused-ring (bicyclic) bond motifs is 2. The van der Waals surface area contributed by atoms with Crippen molar-refractivity contribution in [3.8, 4) is 11.4 Å². The number of amides is 1. The second kappa shape index (κ2) is 7.89. The molecule has 3 aromatic heterocycles. The number of aryl methyl sites for hydroxylation is 1. The molecule has 1 aromatic carbocycles. The third-order valence-electron chi connectivity index (χ3n) is 5.01. The van der Waals surface area contributed by atoms with Gasteiger partial charge in [-0.3, -0.25) is 4.79 Å². The zero-order chi connectivity index (χ0) is 19.8. The largest absolute Gasteiger partial charge is 0.305 e. The Morgan fingerprint density at radius 1 is 1.24 bits per heavy atom. The van der Waals surface area contributed by atoms with Crippen molar-refractivity contribution in [1.82, 2.24) is 19.7 Å². The number of anilines is 1. The number of hydrogen-bond donors (Lipinski definition) is 1. The van der Waals surface area contributed by atoms with Crippen LogP contribution < -0.4 is 5.32 Å². The van der Waals surface area contributed by atoms with Crippen molar-refractivity contribution in [1.29, 1.82) is 0 Å². The van der Waals surface area contributed by atoms with E-state index in [1.807, 2.05) is 47.2 Å². The third-order valence-corrected chi connectivity index (χ3v) is 8.07. The smallest absolute Gasteiger partial charge is 0.236 e. The van der Waals surface area contributed by atoms with Gasteiger partial charge in [0.25, 0.3) is 0 Å². The van der Waals surface area contributed by atoms with Gasteiger partial charge in [0.05, 0.1) is 16.0 Å². The van der Waals surface area contributed by atoms with Crippen molar-refractivity contribution in [2.24, 2.45) is 7.05 Å². The number of nitrogens with zero attached hydrogens (tertiary/aromatic N) is 4. The number of nitrogens with one attached hydrogen (secondary N) is 1. The molecule has 0 unspecified atom stereocenters. The fraction of sp³-hybridized carbons (Fsp3) is 0.300. The molecule has 1 N–H and O–H groups in total. The van der Waals surface area contributed by atoms with E-state index in [0.29, 0.717) is 5.13 Å². The van der Waals surface area contributed by atoms with Crippen LogP contribution >= 0.6 is 34.4 Å². The van der Waals surface area contributed by atoms with Gasteiger partial charge in [0.15, 0.2) is 16.1 Å². The van der Waals surface area contributed by atoms with Crippen LogP contribution in [0.5, 0.6) is 0 Å². The SMILES string of the molecule is Cn1c(SCC(=O)Nc2nc3ccccc3s2)nnc1-c1csc2c1CCCC2. The summed E-state index contributed by atoms with van der Waals surface area (Å²) < 4.78 is 3.06. The lowest BCUT2D eigenvalue weighted by Crippen LogP contribution is -2.14. The van der Waals surface area contributed by atoms with Crippen molar-refractivity contribution < 1.29 is 4.79 Å². The van der Waals surface area contributed by atoms with E-state index < -0.39 is 0 Å². The van der Waals surface area contributed by atoms with Crippen LogP contribution in [0.25, 0.3) is 21.6 Å². The minimum Gasteiger partial charge on any atom is -0.305 e. The Bertz CT molecular complexity index is 1160. The summed E-state index contributed by atoms with van der Waals surface area (Å²) in [6.07, 6.45) is 4.80. The van der Waals surface area contributed by atoms with Crippen LogP contribution in [0.15, 0.2) is 34.8 Å². The second-order valence-corrected chi connectivity index (χ2v) is 9.88. The number of carbonyl (C=O) groups is 1. The lowest BCUT2D eigenvalue weighted by molar-refractivity contribution is -0.113. The quantitative estimate of drug-likeness (QED) is 0.452. The highest BCUT2D eigenvalue weighted by molar-refractivity contribution is 7.99. The summed E-state index contributed by atoms with van der Waals surface area (Å²) >= 11 is 4.70. The number of thioether (sulfide) groups is 1. The molecule has 1 amide bonds. The molecule has 29 heavy (non-hydrogen) atoms. The number of thiophene rings is 1. The molecule has 0 spiro atoms. The van der Waals surface area contributed by atoms with Gasteiger partial charge in [-0.15, -0.1) is 21.5 Å². The van der Waals surface area contributed by atoms with E-state index in [-0.39, 0.29) is 11.7 Å². The van der Waals surface area contributed by atoms with Crippen LogP contribution in [-0.4, -0.2) is 31.4 Å². The molecular weight excluding hydrogens is 422 g/mol. The zero-order valence-corrected chi connectivity index (χ0v) is 18.3. The zero-order valence-electron chi connectivity index (χ0n) is 15.8. The maximum atomic E-state index is 12.4. The monoisotopic (exact) mass is 441 g/mol. The van der Waals surface area contributed by atoms with Crippen LogP contribution in [0.4, 0.5) is 5.13 Å². The van der Waals surface area contributed by atoms with Crippen molar-refractivity contribution >= 4 is 55.7 Å². The van der Waals surface area contributed by atoms with Gasteiger partial charge in [-0.2, -0.15) is 0 Å². The van der Waals surface area contributed by atoms with Crippen molar-refractivity contribution in [3.05, 3.63) is 40.1 Å². The van der Waals surface area contributed by atoms with E-state index in [1.165, 1.54) is 58.4 Å². The van der Waals surface area contributed by atoms with Crippen LogP contribution in [0.1, 0.15) is 23.3 Å². The second-order valence-electron chi connectivity index (χ2n) is 6.95. The van der Waals surface area contributed by atoms with E-state index in [0.717, 1.165) is 27.6 Å². The first kappa shape index (κ1) is 18.8. The molecule has 0 aliphatic heterocycles. The summed E-state index contributed by atoms with van der Waals surface area (Å²) in [5, 5.41) is 15.2. The van der Waals surface area contributed by atoms with Gasteiger partial charge < -0.3 is 9.88 Å². The molecule has 0 saturated heterocycles. The van der Waals surface area contributed by atoms with Crippen molar-refractivity contribution in [2.45, 2.75) is 30.8 Å². The predicted octanol–water partition coefficient (Wildman–Crippen LogP) is 4.76. The summed E-state index contributed by atoms with van der Waals surface area (Å²) in [7, 11) is 1.97. The first-order valence-corrected chi connectivity index (χ1v) is 12.1. The normalized spacial score (nSPS) is 13.6. The van der Waals surface area contributed by atoms with Crippen LogP contribution in [0, 0.1) is 0 Å². The number of benzene rings is 1. The van der Waals surface area contributed by atoms with E-state index in [1.54, 1.807) is 0 Å². The van der Waals surface area contributed by atoms with E-state index in [4.69, 9.17) is 0 Å². The molecule has 9 heteroatoms. The average Bonchev–Trinajstić information content (AvgIpc) is 3.42. The van der Waals surface area contributed by atoms with Gasteiger partial charge in [0, 0.05) is 22.9 Å². The Kier molecular flexibility index (Phi) is 5.11. The fourth-order valence-corrected chi connectivity index (χ4v) is 6.28. The minimum absolute atomic E-state index is 0.0912. The Hall–Kier alpha value is -2.23. The number of hydrogen-bond acceptors (Lipinski definition) is 7. The first-order chi connectivity index (χ1) is 14.2. The number of thiazole rings is 1. The van der Waals surface area contributed by atoms with Crippen molar-refractivity contribution in [2.75, 3.05) is 11.1 Å². The highest BCUT2D eigenvalue weighted by atomic mass is 32.2. The molecule has 1 aliphatic rings. The lowest BCUT2D eigenvalue weighted by atomic mass is 9.96. The first-order valence-electron chi connectivity index (χ1n) is 9.46. The summed E-state index contributed by atoms with van der Waals surface area (Å²) in [5.41, 5.74) is 3.53. The number of rotatable bonds is 5. The Balaban J connectivity index is 1.26. The minimum atomic E-state index is -0.0912. The Labute approximate surface area is 180 Å². The van der Waals surface area contributed by atoms with Gasteiger partial charge >= 0.3 is 0 Å². The van der Waals surface area contributed by atoms with Crippen LogP contribution in [0.2, 0.25) is 0 Å². The van der Waals surface area contributed by atoms with Crippen molar-refractivity contribution in [3.63, 3.8) is 0 Å². The van der Waals surface area contributed by atoms with Gasteiger partial charge in [0.1, 0.15) is 0 Å². The summed E-state index contributed by atoms with van der Waals surface area (Å²) in [6.45, 7) is 0. The molecule has 0 fully saturated rings. The van der Waals surface area contributed by atoms with Crippen LogP contribution in [0.3, 0.4) is 0 Å². The van der Waals surface area contributed by atoms with E-state index >= 15 is 0 Å². The Morgan fingerprint density at radius 2 is 2.10 bits per heavy atom. The van der Waals surface area contributed by atoms with Gasteiger partial charge in [-0.1, -0.05) is 35.2 Å². The molecule has 0 bridgehead atoms.